The van der Waals surface area contributed by atoms with Crippen LogP contribution in [0.15, 0.2) is 0 Å². The second kappa shape index (κ2) is 9.05. The second-order valence-corrected chi connectivity index (χ2v) is 3.49. The maximum absolute atomic E-state index is 5.53. The Morgan fingerprint density at radius 2 is 1.83 bits per heavy atom. The summed E-state index contributed by atoms with van der Waals surface area (Å²) in [6, 6.07) is 0. The lowest BCUT2D eigenvalue weighted by molar-refractivity contribution is 0.0944. The highest BCUT2D eigenvalue weighted by Gasteiger charge is 2.04. The molecule has 0 unspecified atom stereocenters. The van der Waals surface area contributed by atoms with Crippen molar-refractivity contribution in [1.82, 2.24) is 0 Å². The summed E-state index contributed by atoms with van der Waals surface area (Å²) in [4.78, 5) is 0. The number of rotatable bonds is 8. The van der Waals surface area contributed by atoms with Gasteiger partial charge in [0.15, 0.2) is 0 Å². The van der Waals surface area contributed by atoms with E-state index in [1.165, 1.54) is 25.7 Å². The van der Waals surface area contributed by atoms with E-state index in [-0.39, 0.29) is 0 Å². The van der Waals surface area contributed by atoms with E-state index in [4.69, 9.17) is 4.74 Å². The molecule has 0 aliphatic rings. The average molecular weight is 172 g/mol. The zero-order chi connectivity index (χ0) is 9.23. The molecule has 1 atom stereocenters. The van der Waals surface area contributed by atoms with Crippen molar-refractivity contribution >= 4 is 0 Å². The van der Waals surface area contributed by atoms with Crippen molar-refractivity contribution in [2.45, 2.75) is 52.9 Å². The number of hydrogen-bond donors (Lipinski definition) is 0. The van der Waals surface area contributed by atoms with Crippen molar-refractivity contribution in [2.24, 2.45) is 5.92 Å². The predicted octanol–water partition coefficient (Wildman–Crippen LogP) is 3.63. The SMILES string of the molecule is CCCC[C@@H](CC)COCCC. The van der Waals surface area contributed by atoms with E-state index in [2.05, 4.69) is 20.8 Å². The predicted molar refractivity (Wildman–Crippen MR) is 54.4 cm³/mol. The van der Waals surface area contributed by atoms with Gasteiger partial charge in [0.2, 0.25) is 0 Å². The Bertz CT molecular complexity index is 81.1. The molecule has 0 saturated heterocycles. The van der Waals surface area contributed by atoms with Gasteiger partial charge in [-0.2, -0.15) is 0 Å². The highest BCUT2D eigenvalue weighted by Crippen LogP contribution is 2.12. The van der Waals surface area contributed by atoms with Gasteiger partial charge < -0.3 is 4.74 Å². The molecule has 0 fully saturated rings. The first kappa shape index (κ1) is 12.0. The van der Waals surface area contributed by atoms with Crippen LogP contribution in [-0.4, -0.2) is 13.2 Å². The van der Waals surface area contributed by atoms with E-state index in [9.17, 15) is 0 Å². The quantitative estimate of drug-likeness (QED) is 0.508. The van der Waals surface area contributed by atoms with E-state index in [1.807, 2.05) is 0 Å². The molecule has 0 aromatic rings. The Labute approximate surface area is 77.5 Å². The molecule has 0 rings (SSSR count). The van der Waals surface area contributed by atoms with Crippen LogP contribution in [0.1, 0.15) is 52.9 Å². The summed E-state index contributed by atoms with van der Waals surface area (Å²) in [5.74, 6) is 0.802. The highest BCUT2D eigenvalue weighted by molar-refractivity contribution is 4.55. The number of ether oxygens (including phenoxy) is 1. The van der Waals surface area contributed by atoms with Crippen LogP contribution in [0.2, 0.25) is 0 Å². The van der Waals surface area contributed by atoms with Crippen LogP contribution in [0.25, 0.3) is 0 Å². The van der Waals surface area contributed by atoms with Gasteiger partial charge in [0, 0.05) is 13.2 Å². The fraction of sp³-hybridized carbons (Fsp3) is 1.00. The largest absolute Gasteiger partial charge is 0.381 e. The van der Waals surface area contributed by atoms with Crippen molar-refractivity contribution in [2.75, 3.05) is 13.2 Å². The lowest BCUT2D eigenvalue weighted by Crippen LogP contribution is -2.09. The van der Waals surface area contributed by atoms with Crippen LogP contribution in [0.3, 0.4) is 0 Å². The Morgan fingerprint density at radius 1 is 1.08 bits per heavy atom. The van der Waals surface area contributed by atoms with E-state index in [1.54, 1.807) is 0 Å². The average Bonchev–Trinajstić information content (AvgIpc) is 2.11. The molecule has 1 nitrogen and oxygen atoms in total. The summed E-state index contributed by atoms with van der Waals surface area (Å²) in [5, 5.41) is 0. The Kier molecular flexibility index (Phi) is 9.02. The first-order valence-electron chi connectivity index (χ1n) is 5.42. The van der Waals surface area contributed by atoms with Gasteiger partial charge in [0.1, 0.15) is 0 Å². The molecule has 0 aliphatic carbocycles. The van der Waals surface area contributed by atoms with Crippen LogP contribution in [0.4, 0.5) is 0 Å². The molecular formula is C11H24O. The molecule has 0 aromatic carbocycles. The van der Waals surface area contributed by atoms with Gasteiger partial charge in [-0.3, -0.25) is 0 Å². The number of unbranched alkanes of at least 4 members (excludes halogenated alkanes) is 1. The molecule has 0 aromatic heterocycles. The van der Waals surface area contributed by atoms with Crippen LogP contribution in [-0.2, 0) is 4.74 Å². The molecular weight excluding hydrogens is 148 g/mol. The Morgan fingerprint density at radius 3 is 2.33 bits per heavy atom. The second-order valence-electron chi connectivity index (χ2n) is 3.49. The van der Waals surface area contributed by atoms with Crippen molar-refractivity contribution in [3.8, 4) is 0 Å². The minimum atomic E-state index is 0.802. The van der Waals surface area contributed by atoms with Gasteiger partial charge in [-0.05, 0) is 18.8 Å². The molecule has 0 bridgehead atoms. The summed E-state index contributed by atoms with van der Waals surface area (Å²) in [6.07, 6.45) is 6.42. The number of hydrogen-bond acceptors (Lipinski definition) is 1. The molecule has 0 N–H and O–H groups in total. The topological polar surface area (TPSA) is 9.23 Å². The standard InChI is InChI=1S/C11H24O/c1-4-7-8-11(6-3)10-12-9-5-2/h11H,4-10H2,1-3H3/t11-/m1/s1. The summed E-state index contributed by atoms with van der Waals surface area (Å²) in [5.41, 5.74) is 0. The maximum Gasteiger partial charge on any atom is 0.0494 e. The summed E-state index contributed by atoms with van der Waals surface area (Å²) in [7, 11) is 0. The molecule has 0 aliphatic heterocycles. The molecule has 0 heterocycles. The normalized spacial score (nSPS) is 13.2. The van der Waals surface area contributed by atoms with Crippen LogP contribution in [0, 0.1) is 5.92 Å². The van der Waals surface area contributed by atoms with Crippen LogP contribution >= 0.6 is 0 Å². The third-order valence-corrected chi connectivity index (χ3v) is 2.25. The van der Waals surface area contributed by atoms with Gasteiger partial charge in [0.25, 0.3) is 0 Å². The molecule has 0 amide bonds. The first-order valence-corrected chi connectivity index (χ1v) is 5.42. The lowest BCUT2D eigenvalue weighted by atomic mass is 10.0. The van der Waals surface area contributed by atoms with Gasteiger partial charge in [-0.25, -0.2) is 0 Å². The molecule has 12 heavy (non-hydrogen) atoms. The van der Waals surface area contributed by atoms with Crippen LogP contribution < -0.4 is 0 Å². The smallest absolute Gasteiger partial charge is 0.0494 e. The van der Waals surface area contributed by atoms with E-state index in [0.29, 0.717) is 0 Å². The Balaban J connectivity index is 3.26. The van der Waals surface area contributed by atoms with E-state index in [0.717, 1.165) is 25.6 Å². The molecule has 0 spiro atoms. The van der Waals surface area contributed by atoms with E-state index >= 15 is 0 Å². The minimum absolute atomic E-state index is 0.802. The van der Waals surface area contributed by atoms with Crippen molar-refractivity contribution in [1.29, 1.82) is 0 Å². The fourth-order valence-corrected chi connectivity index (χ4v) is 1.29. The fourth-order valence-electron chi connectivity index (χ4n) is 1.29. The maximum atomic E-state index is 5.53. The monoisotopic (exact) mass is 172 g/mol. The molecule has 74 valence electrons. The molecule has 0 radical (unpaired) electrons. The van der Waals surface area contributed by atoms with Gasteiger partial charge >= 0.3 is 0 Å². The van der Waals surface area contributed by atoms with Crippen molar-refractivity contribution in [3.63, 3.8) is 0 Å². The lowest BCUT2D eigenvalue weighted by Gasteiger charge is -2.13. The third kappa shape index (κ3) is 6.66. The van der Waals surface area contributed by atoms with Gasteiger partial charge in [-0.15, -0.1) is 0 Å². The van der Waals surface area contributed by atoms with E-state index < -0.39 is 0 Å². The first-order chi connectivity index (χ1) is 5.85. The van der Waals surface area contributed by atoms with Gasteiger partial charge in [-0.1, -0.05) is 40.0 Å². The zero-order valence-electron chi connectivity index (χ0n) is 8.94. The minimum Gasteiger partial charge on any atom is -0.381 e. The zero-order valence-corrected chi connectivity index (χ0v) is 8.94. The van der Waals surface area contributed by atoms with Crippen molar-refractivity contribution < 1.29 is 4.74 Å². The van der Waals surface area contributed by atoms with Crippen LogP contribution in [0.5, 0.6) is 0 Å². The summed E-state index contributed by atoms with van der Waals surface area (Å²) >= 11 is 0. The van der Waals surface area contributed by atoms with Crippen molar-refractivity contribution in [3.05, 3.63) is 0 Å². The van der Waals surface area contributed by atoms with Gasteiger partial charge in [0.05, 0.1) is 0 Å². The molecule has 0 saturated carbocycles. The summed E-state index contributed by atoms with van der Waals surface area (Å²) in [6.45, 7) is 8.58. The highest BCUT2D eigenvalue weighted by atomic mass is 16.5. The molecule has 1 heteroatoms. The third-order valence-electron chi connectivity index (χ3n) is 2.25. The Hall–Kier alpha value is -0.0400. The summed E-state index contributed by atoms with van der Waals surface area (Å²) < 4.78 is 5.53.